The highest BCUT2D eigenvalue weighted by Gasteiger charge is 2.18. The average Bonchev–Trinajstić information content (AvgIpc) is 3.21. The second kappa shape index (κ2) is 8.50. The van der Waals surface area contributed by atoms with E-state index in [4.69, 9.17) is 14.2 Å². The van der Waals surface area contributed by atoms with Crippen LogP contribution in [0.4, 0.5) is 0 Å². The molecular weight excluding hydrogens is 366 g/mol. The third kappa shape index (κ3) is 4.17. The Morgan fingerprint density at radius 3 is 2.41 bits per heavy atom. The van der Waals surface area contributed by atoms with Crippen molar-refractivity contribution in [3.8, 4) is 28.5 Å². The Morgan fingerprint density at radius 1 is 1.00 bits per heavy atom. The van der Waals surface area contributed by atoms with Gasteiger partial charge in [-0.1, -0.05) is 10.6 Å². The first kappa shape index (κ1) is 18.7. The summed E-state index contributed by atoms with van der Waals surface area (Å²) in [6.45, 7) is 0.346. The molecule has 1 aromatic heterocycles. The van der Waals surface area contributed by atoms with Crippen molar-refractivity contribution in [1.82, 2.24) is 14.9 Å². The van der Waals surface area contributed by atoms with Crippen molar-refractivity contribution in [2.45, 2.75) is 6.54 Å². The molecule has 2 aromatic carbocycles. The van der Waals surface area contributed by atoms with Gasteiger partial charge in [0.1, 0.15) is 16.3 Å². The summed E-state index contributed by atoms with van der Waals surface area (Å²) < 4.78 is 19.6. The molecule has 0 atom stereocenters. The molecule has 8 heteroatoms. The van der Waals surface area contributed by atoms with Gasteiger partial charge in [0.15, 0.2) is 11.5 Å². The minimum Gasteiger partial charge on any atom is -0.497 e. The van der Waals surface area contributed by atoms with Gasteiger partial charge in [0.25, 0.3) is 5.91 Å². The van der Waals surface area contributed by atoms with Crippen molar-refractivity contribution in [1.29, 1.82) is 0 Å². The fourth-order valence-electron chi connectivity index (χ4n) is 2.53. The van der Waals surface area contributed by atoms with Crippen molar-refractivity contribution in [3.05, 3.63) is 52.9 Å². The lowest BCUT2D eigenvalue weighted by Crippen LogP contribution is -2.22. The standard InChI is InChI=1S/C19H19N3O4S/c1-24-14-7-5-13(6-8-14)17-18(27-22-21-17)19(23)20-11-12-4-9-15(25-2)16(10-12)26-3/h4-10H,11H2,1-3H3,(H,20,23). The van der Waals surface area contributed by atoms with Gasteiger partial charge in [0.2, 0.25) is 0 Å². The smallest absolute Gasteiger partial charge is 0.265 e. The van der Waals surface area contributed by atoms with Gasteiger partial charge in [0.05, 0.1) is 21.3 Å². The predicted molar refractivity (Wildman–Crippen MR) is 103 cm³/mol. The zero-order chi connectivity index (χ0) is 19.2. The Labute approximate surface area is 161 Å². The number of aromatic nitrogens is 2. The molecule has 27 heavy (non-hydrogen) atoms. The molecule has 0 radical (unpaired) electrons. The van der Waals surface area contributed by atoms with E-state index in [1.54, 1.807) is 27.4 Å². The van der Waals surface area contributed by atoms with Gasteiger partial charge in [-0.05, 0) is 53.5 Å². The summed E-state index contributed by atoms with van der Waals surface area (Å²) in [4.78, 5) is 13.1. The van der Waals surface area contributed by atoms with Crippen molar-refractivity contribution in [2.75, 3.05) is 21.3 Å². The summed E-state index contributed by atoms with van der Waals surface area (Å²) in [5.74, 6) is 1.76. The number of benzene rings is 2. The van der Waals surface area contributed by atoms with E-state index >= 15 is 0 Å². The molecular formula is C19H19N3O4S. The summed E-state index contributed by atoms with van der Waals surface area (Å²) in [6, 6.07) is 12.8. The minimum absolute atomic E-state index is 0.231. The van der Waals surface area contributed by atoms with Gasteiger partial charge in [-0.2, -0.15) is 0 Å². The molecule has 7 nitrogen and oxygen atoms in total. The number of amides is 1. The fourth-order valence-corrected chi connectivity index (χ4v) is 3.13. The first-order chi connectivity index (χ1) is 13.2. The summed E-state index contributed by atoms with van der Waals surface area (Å²) in [5.41, 5.74) is 2.25. The normalized spacial score (nSPS) is 10.3. The summed E-state index contributed by atoms with van der Waals surface area (Å²) >= 11 is 1.06. The first-order valence-electron chi connectivity index (χ1n) is 8.12. The molecule has 1 N–H and O–H groups in total. The highest BCUT2D eigenvalue weighted by Crippen LogP contribution is 2.28. The van der Waals surface area contributed by atoms with Crippen LogP contribution in [0, 0.1) is 0 Å². The molecule has 3 rings (SSSR count). The van der Waals surface area contributed by atoms with Crippen LogP contribution in [0.2, 0.25) is 0 Å². The van der Waals surface area contributed by atoms with Crippen LogP contribution in [0.5, 0.6) is 17.2 Å². The number of hydrogen-bond donors (Lipinski definition) is 1. The molecule has 0 saturated heterocycles. The average molecular weight is 385 g/mol. The highest BCUT2D eigenvalue weighted by molar-refractivity contribution is 7.08. The van der Waals surface area contributed by atoms with E-state index in [-0.39, 0.29) is 5.91 Å². The monoisotopic (exact) mass is 385 g/mol. The van der Waals surface area contributed by atoms with Crippen molar-refractivity contribution in [3.63, 3.8) is 0 Å². The molecule has 3 aromatic rings. The van der Waals surface area contributed by atoms with Gasteiger partial charge in [-0.3, -0.25) is 4.79 Å². The van der Waals surface area contributed by atoms with Crippen LogP contribution >= 0.6 is 11.5 Å². The topological polar surface area (TPSA) is 82.6 Å². The van der Waals surface area contributed by atoms with E-state index in [2.05, 4.69) is 14.9 Å². The summed E-state index contributed by atoms with van der Waals surface area (Å²) in [6.07, 6.45) is 0. The Hall–Kier alpha value is -3.13. The molecule has 0 aliphatic rings. The molecule has 0 bridgehead atoms. The zero-order valence-corrected chi connectivity index (χ0v) is 16.0. The number of carbonyl (C=O) groups excluding carboxylic acids is 1. The Balaban J connectivity index is 1.73. The van der Waals surface area contributed by atoms with E-state index < -0.39 is 0 Å². The maximum Gasteiger partial charge on any atom is 0.265 e. The second-order valence-corrected chi connectivity index (χ2v) is 6.31. The number of methoxy groups -OCH3 is 3. The summed E-state index contributed by atoms with van der Waals surface area (Å²) in [7, 11) is 4.76. The summed E-state index contributed by atoms with van der Waals surface area (Å²) in [5, 5.41) is 6.99. The maximum absolute atomic E-state index is 12.6. The molecule has 0 unspecified atom stereocenters. The van der Waals surface area contributed by atoms with E-state index in [0.29, 0.717) is 28.6 Å². The SMILES string of the molecule is COc1ccc(-c2nnsc2C(=O)NCc2ccc(OC)c(OC)c2)cc1. The van der Waals surface area contributed by atoms with Crippen LogP contribution in [0.25, 0.3) is 11.3 Å². The largest absolute Gasteiger partial charge is 0.497 e. The van der Waals surface area contributed by atoms with E-state index in [0.717, 1.165) is 28.4 Å². The number of rotatable bonds is 7. The van der Waals surface area contributed by atoms with Gasteiger partial charge in [0, 0.05) is 12.1 Å². The van der Waals surface area contributed by atoms with Crippen LogP contribution in [-0.4, -0.2) is 36.8 Å². The maximum atomic E-state index is 12.6. The third-order valence-electron chi connectivity index (χ3n) is 3.96. The second-order valence-electron chi connectivity index (χ2n) is 5.55. The van der Waals surface area contributed by atoms with Gasteiger partial charge in [-0.25, -0.2) is 0 Å². The lowest BCUT2D eigenvalue weighted by Gasteiger charge is -2.10. The number of ether oxygens (including phenoxy) is 3. The molecule has 1 heterocycles. The van der Waals surface area contributed by atoms with Crippen LogP contribution in [-0.2, 0) is 6.54 Å². The molecule has 0 aliphatic heterocycles. The quantitative estimate of drug-likeness (QED) is 0.673. The lowest BCUT2D eigenvalue weighted by atomic mass is 10.1. The number of hydrogen-bond acceptors (Lipinski definition) is 7. The molecule has 0 spiro atoms. The van der Waals surface area contributed by atoms with Gasteiger partial charge < -0.3 is 19.5 Å². The van der Waals surface area contributed by atoms with E-state index in [1.165, 1.54) is 0 Å². The van der Waals surface area contributed by atoms with Crippen molar-refractivity contribution < 1.29 is 19.0 Å². The Kier molecular flexibility index (Phi) is 5.87. The van der Waals surface area contributed by atoms with E-state index in [1.807, 2.05) is 36.4 Å². The Morgan fingerprint density at radius 2 is 1.74 bits per heavy atom. The van der Waals surface area contributed by atoms with E-state index in [9.17, 15) is 4.79 Å². The first-order valence-corrected chi connectivity index (χ1v) is 8.89. The van der Waals surface area contributed by atoms with Crippen LogP contribution in [0.15, 0.2) is 42.5 Å². The van der Waals surface area contributed by atoms with Crippen LogP contribution < -0.4 is 19.5 Å². The van der Waals surface area contributed by atoms with Gasteiger partial charge in [-0.15, -0.1) is 5.10 Å². The fraction of sp³-hybridized carbons (Fsp3) is 0.211. The molecule has 1 amide bonds. The molecule has 140 valence electrons. The minimum atomic E-state index is -0.231. The van der Waals surface area contributed by atoms with Crippen LogP contribution in [0.3, 0.4) is 0 Å². The van der Waals surface area contributed by atoms with Crippen LogP contribution in [0.1, 0.15) is 15.2 Å². The number of carbonyl (C=O) groups is 1. The highest BCUT2D eigenvalue weighted by atomic mass is 32.1. The number of nitrogens with zero attached hydrogens (tertiary/aromatic N) is 2. The Bertz CT molecular complexity index is 925. The van der Waals surface area contributed by atoms with Gasteiger partial charge >= 0.3 is 0 Å². The third-order valence-corrected chi connectivity index (χ3v) is 4.68. The predicted octanol–water partition coefficient (Wildman–Crippen LogP) is 3.16. The van der Waals surface area contributed by atoms with Crippen molar-refractivity contribution in [2.24, 2.45) is 0 Å². The molecule has 0 fully saturated rings. The molecule has 0 saturated carbocycles. The number of nitrogens with one attached hydrogen (secondary N) is 1. The zero-order valence-electron chi connectivity index (χ0n) is 15.2. The molecule has 0 aliphatic carbocycles. The lowest BCUT2D eigenvalue weighted by molar-refractivity contribution is 0.0955. The van der Waals surface area contributed by atoms with Crippen molar-refractivity contribution >= 4 is 17.4 Å².